The SMILES string of the molecule is Cc1cc(NC(=O)NCCN2C[C@@H](C)O[C@H](C)C2)n(C)n1. The molecule has 1 aliphatic heterocycles. The van der Waals surface area contributed by atoms with Gasteiger partial charge in [0.2, 0.25) is 0 Å². The molecule has 1 aromatic heterocycles. The van der Waals surface area contributed by atoms with E-state index in [4.69, 9.17) is 4.74 Å². The summed E-state index contributed by atoms with van der Waals surface area (Å²) in [6.45, 7) is 9.31. The van der Waals surface area contributed by atoms with Gasteiger partial charge in [0.05, 0.1) is 17.9 Å². The van der Waals surface area contributed by atoms with Crippen molar-refractivity contribution < 1.29 is 9.53 Å². The highest BCUT2D eigenvalue weighted by atomic mass is 16.5. The second kappa shape index (κ2) is 6.91. The molecule has 7 heteroatoms. The zero-order chi connectivity index (χ0) is 15.4. The fourth-order valence-corrected chi connectivity index (χ4v) is 2.68. The van der Waals surface area contributed by atoms with Crippen LogP contribution in [0.5, 0.6) is 0 Å². The number of rotatable bonds is 4. The van der Waals surface area contributed by atoms with Crippen molar-refractivity contribution in [1.29, 1.82) is 0 Å². The lowest BCUT2D eigenvalue weighted by atomic mass is 10.2. The van der Waals surface area contributed by atoms with Gasteiger partial charge >= 0.3 is 6.03 Å². The van der Waals surface area contributed by atoms with Crippen LogP contribution in [0.4, 0.5) is 10.6 Å². The van der Waals surface area contributed by atoms with Crippen molar-refractivity contribution in [1.82, 2.24) is 20.0 Å². The van der Waals surface area contributed by atoms with Gasteiger partial charge in [-0.1, -0.05) is 0 Å². The maximum absolute atomic E-state index is 11.8. The number of nitrogens with one attached hydrogen (secondary N) is 2. The van der Waals surface area contributed by atoms with Gasteiger partial charge in [-0.2, -0.15) is 5.10 Å². The van der Waals surface area contributed by atoms with Crippen molar-refractivity contribution in [3.63, 3.8) is 0 Å². The number of hydrogen-bond donors (Lipinski definition) is 2. The van der Waals surface area contributed by atoms with E-state index in [-0.39, 0.29) is 18.2 Å². The molecule has 2 atom stereocenters. The number of nitrogens with zero attached hydrogens (tertiary/aromatic N) is 3. The number of carbonyl (C=O) groups is 1. The molecule has 2 amide bonds. The lowest BCUT2D eigenvalue weighted by Gasteiger charge is -2.35. The summed E-state index contributed by atoms with van der Waals surface area (Å²) in [4.78, 5) is 14.2. The fraction of sp³-hybridized carbons (Fsp3) is 0.714. The molecule has 1 aliphatic rings. The van der Waals surface area contributed by atoms with Gasteiger partial charge in [0, 0.05) is 39.3 Å². The van der Waals surface area contributed by atoms with E-state index >= 15 is 0 Å². The third kappa shape index (κ3) is 4.71. The van der Waals surface area contributed by atoms with Crippen LogP contribution in [-0.4, -0.2) is 59.1 Å². The molecule has 0 bridgehead atoms. The molecule has 0 radical (unpaired) electrons. The molecule has 118 valence electrons. The summed E-state index contributed by atoms with van der Waals surface area (Å²) < 4.78 is 7.34. The quantitative estimate of drug-likeness (QED) is 0.868. The molecule has 0 unspecified atom stereocenters. The highest BCUT2D eigenvalue weighted by Crippen LogP contribution is 2.10. The van der Waals surface area contributed by atoms with Crippen LogP contribution in [0.3, 0.4) is 0 Å². The Balaban J connectivity index is 1.71. The molecule has 2 N–H and O–H groups in total. The van der Waals surface area contributed by atoms with E-state index in [9.17, 15) is 4.79 Å². The second-order valence-corrected chi connectivity index (χ2v) is 5.69. The maximum Gasteiger partial charge on any atom is 0.320 e. The molecule has 2 heterocycles. The number of carbonyl (C=O) groups excluding carboxylic acids is 1. The lowest BCUT2D eigenvalue weighted by Crippen LogP contribution is -2.48. The first-order valence-corrected chi connectivity index (χ1v) is 7.37. The molecule has 21 heavy (non-hydrogen) atoms. The molecule has 7 nitrogen and oxygen atoms in total. The second-order valence-electron chi connectivity index (χ2n) is 5.69. The van der Waals surface area contributed by atoms with Crippen LogP contribution in [0.25, 0.3) is 0 Å². The van der Waals surface area contributed by atoms with E-state index in [1.807, 2.05) is 13.0 Å². The van der Waals surface area contributed by atoms with Gasteiger partial charge in [-0.25, -0.2) is 4.79 Å². The highest BCUT2D eigenvalue weighted by Gasteiger charge is 2.21. The third-order valence-corrected chi connectivity index (χ3v) is 3.45. The molecule has 0 spiro atoms. The molecule has 1 saturated heterocycles. The van der Waals surface area contributed by atoms with Gasteiger partial charge in [0.15, 0.2) is 0 Å². The van der Waals surface area contributed by atoms with Crippen molar-refractivity contribution in [2.24, 2.45) is 7.05 Å². The predicted octanol–water partition coefficient (Wildman–Crippen LogP) is 0.959. The molecular formula is C14H25N5O2. The van der Waals surface area contributed by atoms with Crippen molar-refractivity contribution in [3.8, 4) is 0 Å². The fourth-order valence-electron chi connectivity index (χ4n) is 2.68. The Bertz CT molecular complexity index is 478. The highest BCUT2D eigenvalue weighted by molar-refractivity contribution is 5.88. The number of amides is 2. The molecule has 0 aromatic carbocycles. The monoisotopic (exact) mass is 295 g/mol. The average Bonchev–Trinajstić information content (AvgIpc) is 2.66. The van der Waals surface area contributed by atoms with Gasteiger partial charge in [-0.15, -0.1) is 0 Å². The maximum atomic E-state index is 11.8. The topological polar surface area (TPSA) is 71.4 Å². The van der Waals surface area contributed by atoms with E-state index in [1.165, 1.54) is 0 Å². The van der Waals surface area contributed by atoms with Crippen LogP contribution < -0.4 is 10.6 Å². The summed E-state index contributed by atoms with van der Waals surface area (Å²) in [5.74, 6) is 0.693. The normalized spacial score (nSPS) is 23.0. The van der Waals surface area contributed by atoms with E-state index in [0.29, 0.717) is 12.4 Å². The molecule has 1 fully saturated rings. The Kier molecular flexibility index (Phi) is 5.19. The Morgan fingerprint density at radius 2 is 2.10 bits per heavy atom. The zero-order valence-electron chi connectivity index (χ0n) is 13.2. The first kappa shape index (κ1) is 15.8. The van der Waals surface area contributed by atoms with Gasteiger partial charge in [-0.3, -0.25) is 14.9 Å². The van der Waals surface area contributed by atoms with Crippen LogP contribution in [0.15, 0.2) is 6.07 Å². The molecule has 0 aliphatic carbocycles. The van der Waals surface area contributed by atoms with Crippen LogP contribution >= 0.6 is 0 Å². The number of morpholine rings is 1. The Morgan fingerprint density at radius 1 is 1.43 bits per heavy atom. The van der Waals surface area contributed by atoms with Crippen molar-refractivity contribution in [2.75, 3.05) is 31.5 Å². The third-order valence-electron chi connectivity index (χ3n) is 3.45. The summed E-state index contributed by atoms with van der Waals surface area (Å²) in [6.07, 6.45) is 0.500. The number of aryl methyl sites for hydroxylation is 2. The Labute approximate surface area is 125 Å². The van der Waals surface area contributed by atoms with Gasteiger partial charge in [0.1, 0.15) is 5.82 Å². The van der Waals surface area contributed by atoms with Crippen molar-refractivity contribution >= 4 is 11.8 Å². The summed E-state index contributed by atoms with van der Waals surface area (Å²) in [6, 6.07) is 1.64. The molecule has 1 aromatic rings. The minimum atomic E-state index is -0.202. The Hall–Kier alpha value is -1.60. The smallest absolute Gasteiger partial charge is 0.320 e. The number of anilines is 1. The first-order valence-electron chi connectivity index (χ1n) is 7.37. The average molecular weight is 295 g/mol. The van der Waals surface area contributed by atoms with Crippen LogP contribution in [0, 0.1) is 6.92 Å². The number of urea groups is 1. The van der Waals surface area contributed by atoms with Gasteiger partial charge in [-0.05, 0) is 20.8 Å². The summed E-state index contributed by atoms with van der Waals surface area (Å²) in [5.41, 5.74) is 0.879. The van der Waals surface area contributed by atoms with Crippen molar-refractivity contribution in [2.45, 2.75) is 33.0 Å². The summed E-state index contributed by atoms with van der Waals surface area (Å²) in [5, 5.41) is 9.85. The number of aromatic nitrogens is 2. The lowest BCUT2D eigenvalue weighted by molar-refractivity contribution is -0.0672. The van der Waals surface area contributed by atoms with E-state index in [2.05, 4.69) is 34.5 Å². The van der Waals surface area contributed by atoms with Crippen LogP contribution in [0.1, 0.15) is 19.5 Å². The molecule has 0 saturated carbocycles. The predicted molar refractivity (Wildman–Crippen MR) is 81.4 cm³/mol. The Morgan fingerprint density at radius 3 is 2.67 bits per heavy atom. The number of hydrogen-bond acceptors (Lipinski definition) is 4. The first-order chi connectivity index (χ1) is 9.94. The minimum absolute atomic E-state index is 0.202. The van der Waals surface area contributed by atoms with E-state index < -0.39 is 0 Å². The molecule has 2 rings (SSSR count). The van der Waals surface area contributed by atoms with E-state index in [0.717, 1.165) is 25.3 Å². The summed E-state index contributed by atoms with van der Waals surface area (Å²) in [7, 11) is 1.80. The van der Waals surface area contributed by atoms with Gasteiger partial charge in [0.25, 0.3) is 0 Å². The summed E-state index contributed by atoms with van der Waals surface area (Å²) >= 11 is 0. The zero-order valence-corrected chi connectivity index (χ0v) is 13.2. The minimum Gasteiger partial charge on any atom is -0.373 e. The van der Waals surface area contributed by atoms with Crippen LogP contribution in [-0.2, 0) is 11.8 Å². The van der Waals surface area contributed by atoms with E-state index in [1.54, 1.807) is 11.7 Å². The largest absolute Gasteiger partial charge is 0.373 e. The van der Waals surface area contributed by atoms with Crippen molar-refractivity contribution in [3.05, 3.63) is 11.8 Å². The standard InChI is InChI=1S/C14H25N5O2/c1-10-7-13(18(4)17-10)16-14(20)15-5-6-19-8-11(2)21-12(3)9-19/h7,11-12H,5-6,8-9H2,1-4H3,(H2,15,16,20)/t11-,12-/m1/s1. The van der Waals surface area contributed by atoms with Gasteiger partial charge < -0.3 is 10.1 Å². The molecular weight excluding hydrogens is 270 g/mol. The number of ether oxygens (including phenoxy) is 1. The van der Waals surface area contributed by atoms with Crippen LogP contribution in [0.2, 0.25) is 0 Å².